The van der Waals surface area contributed by atoms with Crippen LogP contribution < -0.4 is 9.64 Å². The highest BCUT2D eigenvalue weighted by molar-refractivity contribution is 6.31. The Morgan fingerprint density at radius 1 is 1.31 bits per heavy atom. The van der Waals surface area contributed by atoms with Gasteiger partial charge in [-0.15, -0.1) is 0 Å². The fraction of sp³-hybridized carbons (Fsp3) is 0.375. The smallest absolute Gasteiger partial charge is 0.348 e. The number of ether oxygens (including phenoxy) is 1. The number of aromatic nitrogens is 2. The van der Waals surface area contributed by atoms with Crippen LogP contribution in [0.4, 0.5) is 20.3 Å². The van der Waals surface area contributed by atoms with Crippen LogP contribution in [-0.2, 0) is 0 Å². The van der Waals surface area contributed by atoms with Crippen molar-refractivity contribution < 1.29 is 18.4 Å². The molecule has 0 spiro atoms. The van der Waals surface area contributed by atoms with Gasteiger partial charge in [-0.05, 0) is 19.1 Å². The second kappa shape index (κ2) is 7.36. The topological polar surface area (TPSA) is 81.4 Å². The van der Waals surface area contributed by atoms with Crippen molar-refractivity contribution in [2.24, 2.45) is 0 Å². The van der Waals surface area contributed by atoms with Gasteiger partial charge in [-0.3, -0.25) is 10.1 Å². The number of rotatable bonds is 4. The number of hydrogen-bond acceptors (Lipinski definition) is 6. The van der Waals surface area contributed by atoms with Gasteiger partial charge in [-0.25, -0.2) is 18.7 Å². The molecule has 0 atom stereocenters. The number of aryl methyl sites for hydroxylation is 1. The van der Waals surface area contributed by atoms with Gasteiger partial charge in [0, 0.05) is 32.0 Å². The number of hydrogen-bond donors (Lipinski definition) is 0. The molecule has 10 heteroatoms. The number of nitrogens with zero attached hydrogens (tertiary/aromatic N) is 4. The normalized spacial score (nSPS) is 15.2. The summed E-state index contributed by atoms with van der Waals surface area (Å²) in [5, 5.41) is 11.1. The van der Waals surface area contributed by atoms with Gasteiger partial charge in [0.05, 0.1) is 4.92 Å². The van der Waals surface area contributed by atoms with Crippen LogP contribution in [-0.4, -0.2) is 34.1 Å². The Morgan fingerprint density at radius 2 is 2.00 bits per heavy atom. The molecule has 0 amide bonds. The van der Waals surface area contributed by atoms with Crippen LogP contribution in [0.3, 0.4) is 0 Å². The zero-order valence-electron chi connectivity index (χ0n) is 13.8. The molecule has 0 bridgehead atoms. The van der Waals surface area contributed by atoms with Crippen molar-refractivity contribution in [1.82, 2.24) is 9.97 Å². The van der Waals surface area contributed by atoms with Crippen LogP contribution in [0.5, 0.6) is 5.75 Å². The SMILES string of the molecule is Cc1nc(Cl)c([N+](=O)[O-])c(N2CCC(Oc3ccc(F)cc3F)CC2)n1. The van der Waals surface area contributed by atoms with E-state index in [0.717, 1.165) is 12.1 Å². The van der Waals surface area contributed by atoms with E-state index >= 15 is 0 Å². The molecule has 26 heavy (non-hydrogen) atoms. The lowest BCUT2D eigenvalue weighted by atomic mass is 10.1. The van der Waals surface area contributed by atoms with Crippen LogP contribution >= 0.6 is 11.6 Å². The van der Waals surface area contributed by atoms with Crippen molar-refractivity contribution in [1.29, 1.82) is 0 Å². The van der Waals surface area contributed by atoms with E-state index in [0.29, 0.717) is 31.8 Å². The molecule has 0 aliphatic carbocycles. The van der Waals surface area contributed by atoms with Gasteiger partial charge in [0.1, 0.15) is 17.7 Å². The molecule has 1 aliphatic heterocycles. The Hall–Kier alpha value is -2.55. The number of benzene rings is 1. The van der Waals surface area contributed by atoms with Gasteiger partial charge >= 0.3 is 5.69 Å². The standard InChI is InChI=1S/C16H15ClF2N4O3/c1-9-20-15(17)14(23(24)25)16(21-9)22-6-4-11(5-7-22)26-13-3-2-10(18)8-12(13)19/h2-3,8,11H,4-7H2,1H3. The Labute approximate surface area is 152 Å². The molecular formula is C16H15ClF2N4O3. The highest BCUT2D eigenvalue weighted by atomic mass is 35.5. The first-order valence-electron chi connectivity index (χ1n) is 7.90. The predicted octanol–water partition coefficient (Wildman–Crippen LogP) is 3.67. The first kappa shape index (κ1) is 18.2. The zero-order chi connectivity index (χ0) is 18.8. The quantitative estimate of drug-likeness (QED) is 0.454. The van der Waals surface area contributed by atoms with Gasteiger partial charge in [-0.2, -0.15) is 0 Å². The van der Waals surface area contributed by atoms with E-state index in [9.17, 15) is 18.9 Å². The maximum atomic E-state index is 13.7. The lowest BCUT2D eigenvalue weighted by molar-refractivity contribution is -0.384. The van der Waals surface area contributed by atoms with Crippen LogP contribution in [0.1, 0.15) is 18.7 Å². The molecule has 7 nitrogen and oxygen atoms in total. The molecule has 1 fully saturated rings. The van der Waals surface area contributed by atoms with E-state index in [1.165, 1.54) is 6.07 Å². The monoisotopic (exact) mass is 384 g/mol. The highest BCUT2D eigenvalue weighted by Gasteiger charge is 2.30. The first-order valence-corrected chi connectivity index (χ1v) is 8.28. The van der Waals surface area contributed by atoms with E-state index < -0.39 is 16.6 Å². The fourth-order valence-electron chi connectivity index (χ4n) is 2.83. The Bertz CT molecular complexity index is 844. The maximum absolute atomic E-state index is 13.7. The summed E-state index contributed by atoms with van der Waals surface area (Å²) in [6.45, 7) is 2.44. The van der Waals surface area contributed by atoms with Crippen LogP contribution in [0.2, 0.25) is 5.15 Å². The molecule has 0 radical (unpaired) electrons. The summed E-state index contributed by atoms with van der Waals surface area (Å²) in [5.41, 5.74) is -0.332. The minimum absolute atomic E-state index is 0.0169. The molecule has 1 aromatic heterocycles. The van der Waals surface area contributed by atoms with E-state index in [1.54, 1.807) is 11.8 Å². The summed E-state index contributed by atoms with van der Waals surface area (Å²) >= 11 is 5.90. The lowest BCUT2D eigenvalue weighted by Crippen LogP contribution is -2.39. The third-order valence-corrected chi connectivity index (χ3v) is 4.31. The molecule has 0 N–H and O–H groups in total. The molecule has 138 valence electrons. The molecule has 3 rings (SSSR count). The third-order valence-electron chi connectivity index (χ3n) is 4.05. The van der Waals surface area contributed by atoms with E-state index in [4.69, 9.17) is 16.3 Å². The predicted molar refractivity (Wildman–Crippen MR) is 90.7 cm³/mol. The lowest BCUT2D eigenvalue weighted by Gasteiger charge is -2.32. The second-order valence-electron chi connectivity index (χ2n) is 5.87. The van der Waals surface area contributed by atoms with Gasteiger partial charge in [0.15, 0.2) is 11.6 Å². The summed E-state index contributed by atoms with van der Waals surface area (Å²) in [7, 11) is 0. The summed E-state index contributed by atoms with van der Waals surface area (Å²) in [4.78, 5) is 20.4. The van der Waals surface area contributed by atoms with Crippen molar-refractivity contribution in [2.75, 3.05) is 18.0 Å². The Kier molecular flexibility index (Phi) is 5.17. The van der Waals surface area contributed by atoms with E-state index in [2.05, 4.69) is 9.97 Å². The molecule has 0 saturated carbocycles. The van der Waals surface area contributed by atoms with E-state index in [-0.39, 0.29) is 28.5 Å². The molecule has 1 saturated heterocycles. The molecule has 1 aromatic carbocycles. The van der Waals surface area contributed by atoms with Crippen molar-refractivity contribution in [3.8, 4) is 5.75 Å². The summed E-state index contributed by atoms with van der Waals surface area (Å²) in [6.07, 6.45) is 0.701. The molecule has 2 heterocycles. The first-order chi connectivity index (χ1) is 12.3. The van der Waals surface area contributed by atoms with Gasteiger partial charge in [-0.1, -0.05) is 11.6 Å². The highest BCUT2D eigenvalue weighted by Crippen LogP contribution is 2.34. The molecule has 1 aliphatic rings. The average Bonchev–Trinajstić information content (AvgIpc) is 2.57. The summed E-state index contributed by atoms with van der Waals surface area (Å²) in [5.74, 6) is -0.952. The minimum atomic E-state index is -0.763. The number of anilines is 1. The second-order valence-corrected chi connectivity index (χ2v) is 6.23. The summed E-state index contributed by atoms with van der Waals surface area (Å²) < 4.78 is 32.2. The minimum Gasteiger partial charge on any atom is -0.487 e. The number of piperidine rings is 1. The molecule has 0 unspecified atom stereocenters. The number of nitro groups is 1. The van der Waals surface area contributed by atoms with E-state index in [1.807, 2.05) is 0 Å². The van der Waals surface area contributed by atoms with Crippen molar-refractivity contribution in [3.63, 3.8) is 0 Å². The van der Waals surface area contributed by atoms with Gasteiger partial charge in [0.2, 0.25) is 11.0 Å². The molecule has 2 aromatic rings. The average molecular weight is 385 g/mol. The van der Waals surface area contributed by atoms with Crippen LogP contribution in [0.25, 0.3) is 0 Å². The zero-order valence-corrected chi connectivity index (χ0v) is 14.5. The largest absolute Gasteiger partial charge is 0.487 e. The van der Waals surface area contributed by atoms with Gasteiger partial charge < -0.3 is 9.64 Å². The van der Waals surface area contributed by atoms with Crippen LogP contribution in [0.15, 0.2) is 18.2 Å². The maximum Gasteiger partial charge on any atom is 0.348 e. The number of halogens is 3. The Balaban J connectivity index is 1.72. The third kappa shape index (κ3) is 3.82. The molecular weight excluding hydrogens is 370 g/mol. The van der Waals surface area contributed by atoms with Gasteiger partial charge in [0.25, 0.3) is 0 Å². The van der Waals surface area contributed by atoms with Crippen molar-refractivity contribution in [3.05, 3.63) is 50.9 Å². The summed E-state index contributed by atoms with van der Waals surface area (Å²) in [6, 6.07) is 3.14. The fourth-order valence-corrected chi connectivity index (χ4v) is 3.11. The van der Waals surface area contributed by atoms with Crippen molar-refractivity contribution in [2.45, 2.75) is 25.9 Å². The Morgan fingerprint density at radius 3 is 2.62 bits per heavy atom. The van der Waals surface area contributed by atoms with Crippen molar-refractivity contribution >= 4 is 23.1 Å². The van der Waals surface area contributed by atoms with Crippen LogP contribution in [0, 0.1) is 28.7 Å².